The molecule has 0 unspecified atom stereocenters. The van der Waals surface area contributed by atoms with Crippen LogP contribution in [-0.4, -0.2) is 42.1 Å². The van der Waals surface area contributed by atoms with Crippen LogP contribution in [0.15, 0.2) is 0 Å². The molecule has 4 nitrogen and oxygen atoms in total. The highest BCUT2D eigenvalue weighted by molar-refractivity contribution is 7.80. The Morgan fingerprint density at radius 2 is 2.18 bits per heavy atom. The summed E-state index contributed by atoms with van der Waals surface area (Å²) >= 11 is 4.79. The first-order chi connectivity index (χ1) is 8.02. The Hall–Kier alpha value is -0.680. The Kier molecular flexibility index (Phi) is 5.85. The summed E-state index contributed by atoms with van der Waals surface area (Å²) < 4.78 is 5.47. The van der Waals surface area contributed by atoms with Crippen molar-refractivity contribution in [2.75, 3.05) is 20.2 Å². The molecule has 0 atom stereocenters. The van der Waals surface area contributed by atoms with Crippen LogP contribution in [0.25, 0.3) is 0 Å². The molecule has 0 spiro atoms. The summed E-state index contributed by atoms with van der Waals surface area (Å²) in [7, 11) is 1.80. The molecule has 0 aliphatic heterocycles. The minimum atomic E-state index is 0.182. The van der Waals surface area contributed by atoms with Gasteiger partial charge in [-0.1, -0.05) is 12.2 Å². The topological polar surface area (TPSA) is 55.6 Å². The van der Waals surface area contributed by atoms with E-state index in [0.717, 1.165) is 19.4 Å². The lowest BCUT2D eigenvalue weighted by molar-refractivity contribution is -0.133. The SMILES string of the molecule is CCOC1CC(CC(=O)N(C)CCC(N)=S)C1. The molecular weight excluding hydrogens is 236 g/mol. The van der Waals surface area contributed by atoms with E-state index in [1.54, 1.807) is 11.9 Å². The molecule has 0 aromatic heterocycles. The Bertz CT molecular complexity index is 278. The van der Waals surface area contributed by atoms with Crippen molar-refractivity contribution >= 4 is 23.1 Å². The molecule has 1 saturated carbocycles. The van der Waals surface area contributed by atoms with Gasteiger partial charge in [-0.05, 0) is 25.7 Å². The third kappa shape index (κ3) is 5.00. The van der Waals surface area contributed by atoms with Crippen molar-refractivity contribution in [3.63, 3.8) is 0 Å². The standard InChI is InChI=1S/C12H22N2O2S/c1-3-16-10-6-9(7-10)8-12(15)14(2)5-4-11(13)17/h9-10H,3-8H2,1-2H3,(H2,13,17). The van der Waals surface area contributed by atoms with Crippen LogP contribution < -0.4 is 5.73 Å². The molecule has 1 aliphatic carbocycles. The fourth-order valence-corrected chi connectivity index (χ4v) is 2.11. The van der Waals surface area contributed by atoms with E-state index in [4.69, 9.17) is 22.7 Å². The van der Waals surface area contributed by atoms with Crippen LogP contribution in [0.1, 0.15) is 32.6 Å². The summed E-state index contributed by atoms with van der Waals surface area (Å²) in [5, 5.41) is 0. The molecule has 0 radical (unpaired) electrons. The van der Waals surface area contributed by atoms with Crippen LogP contribution in [0.5, 0.6) is 0 Å². The normalized spacial score (nSPS) is 22.9. The molecule has 1 fully saturated rings. The van der Waals surface area contributed by atoms with E-state index in [2.05, 4.69) is 0 Å². The second-order valence-electron chi connectivity index (χ2n) is 4.65. The number of carbonyl (C=O) groups excluding carboxylic acids is 1. The molecule has 1 rings (SSSR count). The van der Waals surface area contributed by atoms with E-state index in [1.165, 1.54) is 0 Å². The Morgan fingerprint density at radius 3 is 2.71 bits per heavy atom. The number of nitrogens with two attached hydrogens (primary N) is 1. The number of thiocarbonyl (C=S) groups is 1. The van der Waals surface area contributed by atoms with Crippen molar-refractivity contribution in [3.8, 4) is 0 Å². The highest BCUT2D eigenvalue weighted by Crippen LogP contribution is 2.32. The maximum Gasteiger partial charge on any atom is 0.222 e. The van der Waals surface area contributed by atoms with Crippen LogP contribution in [0, 0.1) is 5.92 Å². The maximum atomic E-state index is 11.8. The van der Waals surface area contributed by atoms with Gasteiger partial charge in [0.05, 0.1) is 11.1 Å². The van der Waals surface area contributed by atoms with Gasteiger partial charge in [0.1, 0.15) is 0 Å². The molecule has 5 heteroatoms. The quantitative estimate of drug-likeness (QED) is 0.700. The molecule has 98 valence electrons. The molecule has 0 aromatic carbocycles. The molecule has 1 aliphatic rings. The number of hydrogen-bond donors (Lipinski definition) is 1. The summed E-state index contributed by atoms with van der Waals surface area (Å²) in [5.74, 6) is 0.674. The van der Waals surface area contributed by atoms with E-state index < -0.39 is 0 Å². The number of hydrogen-bond acceptors (Lipinski definition) is 3. The minimum Gasteiger partial charge on any atom is -0.393 e. The number of carbonyl (C=O) groups is 1. The molecule has 0 aromatic rings. The average Bonchev–Trinajstić information content (AvgIpc) is 2.22. The summed E-state index contributed by atoms with van der Waals surface area (Å²) in [6.45, 7) is 3.39. The molecule has 0 heterocycles. The molecule has 2 N–H and O–H groups in total. The van der Waals surface area contributed by atoms with Crippen molar-refractivity contribution < 1.29 is 9.53 Å². The van der Waals surface area contributed by atoms with E-state index >= 15 is 0 Å². The van der Waals surface area contributed by atoms with Gasteiger partial charge in [-0.15, -0.1) is 0 Å². The Balaban J connectivity index is 2.15. The molecular formula is C12H22N2O2S. The number of ether oxygens (including phenoxy) is 1. The predicted molar refractivity (Wildman–Crippen MR) is 71.8 cm³/mol. The maximum absolute atomic E-state index is 11.8. The van der Waals surface area contributed by atoms with Crippen LogP contribution in [-0.2, 0) is 9.53 Å². The van der Waals surface area contributed by atoms with Crippen LogP contribution in [0.4, 0.5) is 0 Å². The summed E-state index contributed by atoms with van der Waals surface area (Å²) in [4.78, 5) is 14.0. The first kappa shape index (κ1) is 14.4. The lowest BCUT2D eigenvalue weighted by Crippen LogP contribution is -2.37. The third-order valence-electron chi connectivity index (χ3n) is 3.18. The second-order valence-corrected chi connectivity index (χ2v) is 5.17. The van der Waals surface area contributed by atoms with Gasteiger partial charge in [-0.25, -0.2) is 0 Å². The number of amides is 1. The Labute approximate surface area is 108 Å². The monoisotopic (exact) mass is 258 g/mol. The number of rotatable bonds is 7. The largest absolute Gasteiger partial charge is 0.393 e. The lowest BCUT2D eigenvalue weighted by Gasteiger charge is -2.35. The van der Waals surface area contributed by atoms with Gasteiger partial charge in [-0.3, -0.25) is 4.79 Å². The van der Waals surface area contributed by atoms with E-state index in [9.17, 15) is 4.79 Å². The zero-order chi connectivity index (χ0) is 12.8. The lowest BCUT2D eigenvalue weighted by atomic mass is 9.80. The third-order valence-corrected chi connectivity index (χ3v) is 3.38. The fourth-order valence-electron chi connectivity index (χ4n) is 2.02. The summed E-state index contributed by atoms with van der Waals surface area (Å²) in [5.41, 5.74) is 5.41. The summed E-state index contributed by atoms with van der Waals surface area (Å²) in [6.07, 6.45) is 3.63. The zero-order valence-electron chi connectivity index (χ0n) is 10.6. The van der Waals surface area contributed by atoms with Crippen molar-refractivity contribution in [1.82, 2.24) is 4.90 Å². The molecule has 1 amide bonds. The van der Waals surface area contributed by atoms with Crippen molar-refractivity contribution in [3.05, 3.63) is 0 Å². The van der Waals surface area contributed by atoms with E-state index in [0.29, 0.717) is 36.4 Å². The van der Waals surface area contributed by atoms with Gasteiger partial charge in [0.15, 0.2) is 0 Å². The highest BCUT2D eigenvalue weighted by Gasteiger charge is 2.31. The van der Waals surface area contributed by atoms with Crippen LogP contribution >= 0.6 is 12.2 Å². The van der Waals surface area contributed by atoms with Crippen LogP contribution in [0.3, 0.4) is 0 Å². The van der Waals surface area contributed by atoms with Gasteiger partial charge in [0.2, 0.25) is 5.91 Å². The van der Waals surface area contributed by atoms with Crippen LogP contribution in [0.2, 0.25) is 0 Å². The predicted octanol–water partition coefficient (Wildman–Crippen LogP) is 1.33. The smallest absolute Gasteiger partial charge is 0.222 e. The Morgan fingerprint density at radius 1 is 1.53 bits per heavy atom. The second kappa shape index (κ2) is 6.91. The van der Waals surface area contributed by atoms with Gasteiger partial charge in [0.25, 0.3) is 0 Å². The molecule has 0 bridgehead atoms. The van der Waals surface area contributed by atoms with Crippen molar-refractivity contribution in [1.29, 1.82) is 0 Å². The fraction of sp³-hybridized carbons (Fsp3) is 0.833. The first-order valence-electron chi connectivity index (χ1n) is 6.16. The van der Waals surface area contributed by atoms with Gasteiger partial charge >= 0.3 is 0 Å². The molecule has 0 saturated heterocycles. The van der Waals surface area contributed by atoms with E-state index in [1.807, 2.05) is 6.92 Å². The first-order valence-corrected chi connectivity index (χ1v) is 6.57. The van der Waals surface area contributed by atoms with Crippen molar-refractivity contribution in [2.45, 2.75) is 38.7 Å². The minimum absolute atomic E-state index is 0.182. The van der Waals surface area contributed by atoms with Crippen molar-refractivity contribution in [2.24, 2.45) is 11.7 Å². The number of nitrogens with zero attached hydrogens (tertiary/aromatic N) is 1. The van der Waals surface area contributed by atoms with E-state index in [-0.39, 0.29) is 5.91 Å². The average molecular weight is 258 g/mol. The van der Waals surface area contributed by atoms with Gasteiger partial charge in [0, 0.05) is 33.0 Å². The highest BCUT2D eigenvalue weighted by atomic mass is 32.1. The van der Waals surface area contributed by atoms with Gasteiger partial charge in [-0.2, -0.15) is 0 Å². The zero-order valence-corrected chi connectivity index (χ0v) is 11.5. The van der Waals surface area contributed by atoms with Gasteiger partial charge < -0.3 is 15.4 Å². The summed E-state index contributed by atoms with van der Waals surface area (Å²) in [6, 6.07) is 0. The molecule has 17 heavy (non-hydrogen) atoms.